The van der Waals surface area contributed by atoms with Gasteiger partial charge in [-0.15, -0.1) is 0 Å². The molecule has 7 nitrogen and oxygen atoms in total. The van der Waals surface area contributed by atoms with Crippen LogP contribution in [0.4, 0.5) is 11.6 Å². The Morgan fingerprint density at radius 3 is 2.62 bits per heavy atom. The number of carboxylic acid groups (broad SMARTS) is 1. The Bertz CT molecular complexity index is 986. The number of rotatable bonds is 8. The molecule has 0 saturated heterocycles. The van der Waals surface area contributed by atoms with Crippen molar-refractivity contribution in [3.05, 3.63) is 35.2 Å². The highest BCUT2D eigenvalue weighted by Gasteiger charge is 2.32. The summed E-state index contributed by atoms with van der Waals surface area (Å²) in [5.74, 6) is 2.23. The largest absolute Gasteiger partial charge is 0.481 e. The lowest BCUT2D eigenvalue weighted by Gasteiger charge is -2.28. The first-order chi connectivity index (χ1) is 16.1. The van der Waals surface area contributed by atoms with E-state index in [1.165, 1.54) is 18.4 Å². The molecule has 0 spiro atoms. The van der Waals surface area contributed by atoms with Crippen molar-refractivity contribution in [1.29, 1.82) is 0 Å². The molecule has 1 atom stereocenters. The summed E-state index contributed by atoms with van der Waals surface area (Å²) in [7, 11) is 0. The number of nitrogens with zero attached hydrogens (tertiary/aromatic N) is 3. The highest BCUT2D eigenvalue weighted by Crippen LogP contribution is 2.39. The van der Waals surface area contributed by atoms with E-state index in [0.29, 0.717) is 25.0 Å². The van der Waals surface area contributed by atoms with Gasteiger partial charge in [0.15, 0.2) is 0 Å². The Labute approximate surface area is 203 Å². The minimum atomic E-state index is -0.753. The molecule has 7 heteroatoms. The molecule has 2 aromatic rings. The van der Waals surface area contributed by atoms with Crippen LogP contribution in [0.3, 0.4) is 0 Å². The van der Waals surface area contributed by atoms with Crippen LogP contribution in [0, 0.1) is 23.2 Å². The van der Waals surface area contributed by atoms with Crippen LogP contribution in [0.15, 0.2) is 22.7 Å². The lowest BCUT2D eigenvalue weighted by atomic mass is 9.77. The zero-order valence-electron chi connectivity index (χ0n) is 21.3. The molecule has 186 valence electrons. The van der Waals surface area contributed by atoms with E-state index in [1.807, 2.05) is 20.8 Å². The van der Waals surface area contributed by atoms with E-state index < -0.39 is 11.9 Å². The molecule has 1 aromatic heterocycles. The summed E-state index contributed by atoms with van der Waals surface area (Å²) in [5.41, 5.74) is 3.29. The highest BCUT2D eigenvalue weighted by atomic mass is 16.5. The second-order valence-corrected chi connectivity index (χ2v) is 11.5. The topological polar surface area (TPSA) is 91.5 Å². The van der Waals surface area contributed by atoms with Crippen LogP contribution in [0.25, 0.3) is 0 Å². The number of aliphatic carboxylic acids is 1. The number of nitrogens with one attached hydrogen (secondary N) is 1. The van der Waals surface area contributed by atoms with Crippen LogP contribution in [-0.2, 0) is 17.8 Å². The monoisotopic (exact) mass is 468 g/mol. The molecule has 1 aliphatic heterocycles. The zero-order valence-corrected chi connectivity index (χ0v) is 21.3. The zero-order chi connectivity index (χ0) is 24.5. The van der Waals surface area contributed by atoms with Crippen molar-refractivity contribution in [3.63, 3.8) is 0 Å². The quantitative estimate of drug-likeness (QED) is 0.526. The third kappa shape index (κ3) is 5.45. The Morgan fingerprint density at radius 2 is 1.97 bits per heavy atom. The third-order valence-corrected chi connectivity index (χ3v) is 7.80. The normalized spacial score (nSPS) is 21.6. The van der Waals surface area contributed by atoms with Crippen molar-refractivity contribution in [1.82, 2.24) is 15.5 Å². The average Bonchev–Trinajstić information content (AvgIpc) is 3.42. The van der Waals surface area contributed by atoms with Crippen molar-refractivity contribution in [3.8, 4) is 0 Å². The number of carbonyl (C=O) groups is 1. The van der Waals surface area contributed by atoms with Crippen LogP contribution in [-0.4, -0.2) is 34.3 Å². The molecule has 1 aromatic carbocycles. The van der Waals surface area contributed by atoms with Crippen LogP contribution < -0.4 is 10.2 Å². The van der Waals surface area contributed by atoms with Gasteiger partial charge in [0.2, 0.25) is 5.89 Å². The summed E-state index contributed by atoms with van der Waals surface area (Å²) >= 11 is 0. The van der Waals surface area contributed by atoms with E-state index in [4.69, 9.17) is 9.51 Å². The second kappa shape index (κ2) is 10.1. The molecule has 0 radical (unpaired) electrons. The molecule has 1 saturated carbocycles. The predicted molar refractivity (Wildman–Crippen MR) is 133 cm³/mol. The van der Waals surface area contributed by atoms with Crippen molar-refractivity contribution >= 4 is 17.6 Å². The van der Waals surface area contributed by atoms with Crippen molar-refractivity contribution in [2.24, 2.45) is 23.2 Å². The van der Waals surface area contributed by atoms with Crippen LogP contribution in [0.5, 0.6) is 0 Å². The number of carboxylic acids is 1. The first kappa shape index (κ1) is 24.7. The summed E-state index contributed by atoms with van der Waals surface area (Å²) in [6.45, 7) is 12.5. The molecule has 2 N–H and O–H groups in total. The number of aromatic nitrogens is 2. The van der Waals surface area contributed by atoms with E-state index in [0.717, 1.165) is 54.8 Å². The lowest BCUT2D eigenvalue weighted by molar-refractivity contribution is -0.145. The first-order valence-corrected chi connectivity index (χ1v) is 12.8. The molecule has 0 bridgehead atoms. The summed E-state index contributed by atoms with van der Waals surface area (Å²) < 4.78 is 5.71. The Balaban J connectivity index is 1.36. The molecule has 1 fully saturated rings. The lowest BCUT2D eigenvalue weighted by Crippen LogP contribution is -2.37. The molecule has 0 amide bonds. The fraction of sp³-hybridized carbons (Fsp3) is 0.667. The minimum Gasteiger partial charge on any atom is -0.481 e. The summed E-state index contributed by atoms with van der Waals surface area (Å²) in [6.07, 6.45) is 5.69. The highest BCUT2D eigenvalue weighted by molar-refractivity contribution is 5.71. The number of anilines is 2. The SMILES string of the molecule is CC(C)C1CCC(c2nc(N3CCc4cc(CNCC(C(=O)O)C(C)(C)C)ccc43)no2)CC1. The standard InChI is InChI=1S/C27H40N4O3/c1-17(2)19-7-9-20(10-8-19)24-29-26(30-34-24)31-13-12-21-14-18(6-11-23(21)31)15-28-16-22(25(32)33)27(3,4)5/h6,11,14,17,19-20,22,28H,7-10,12-13,15-16H2,1-5H3,(H,32,33). The smallest absolute Gasteiger partial charge is 0.308 e. The van der Waals surface area contributed by atoms with Crippen LogP contribution >= 0.6 is 0 Å². The molecule has 34 heavy (non-hydrogen) atoms. The maximum Gasteiger partial charge on any atom is 0.308 e. The maximum atomic E-state index is 11.6. The molecular formula is C27H40N4O3. The maximum absolute atomic E-state index is 11.6. The molecular weight excluding hydrogens is 428 g/mol. The van der Waals surface area contributed by atoms with Gasteiger partial charge in [0.1, 0.15) is 0 Å². The second-order valence-electron chi connectivity index (χ2n) is 11.5. The Hall–Kier alpha value is -2.41. The summed E-state index contributed by atoms with van der Waals surface area (Å²) in [5, 5.41) is 17.2. The van der Waals surface area contributed by atoms with E-state index in [2.05, 4.69) is 47.4 Å². The van der Waals surface area contributed by atoms with E-state index in [1.54, 1.807) is 0 Å². The molecule has 2 aliphatic rings. The summed E-state index contributed by atoms with van der Waals surface area (Å²) in [6, 6.07) is 6.44. The molecule has 1 aliphatic carbocycles. The van der Waals surface area contributed by atoms with Crippen molar-refractivity contribution < 1.29 is 14.4 Å². The fourth-order valence-corrected chi connectivity index (χ4v) is 5.43. The Morgan fingerprint density at radius 1 is 1.24 bits per heavy atom. The van der Waals surface area contributed by atoms with Gasteiger partial charge in [-0.3, -0.25) is 4.79 Å². The number of hydrogen-bond acceptors (Lipinski definition) is 6. The van der Waals surface area contributed by atoms with Crippen molar-refractivity contribution in [2.45, 2.75) is 79.2 Å². The number of benzene rings is 1. The van der Waals surface area contributed by atoms with E-state index in [9.17, 15) is 9.90 Å². The minimum absolute atomic E-state index is 0.283. The third-order valence-electron chi connectivity index (χ3n) is 7.80. The van der Waals surface area contributed by atoms with Gasteiger partial charge < -0.3 is 19.8 Å². The van der Waals surface area contributed by atoms with Gasteiger partial charge in [-0.1, -0.05) is 46.8 Å². The number of hydrogen-bond donors (Lipinski definition) is 2. The van der Waals surface area contributed by atoms with Gasteiger partial charge in [-0.05, 0) is 71.7 Å². The van der Waals surface area contributed by atoms with E-state index >= 15 is 0 Å². The Kier molecular flexibility index (Phi) is 7.31. The van der Waals surface area contributed by atoms with Crippen LogP contribution in [0.2, 0.25) is 0 Å². The number of fused-ring (bicyclic) bond motifs is 1. The van der Waals surface area contributed by atoms with E-state index in [-0.39, 0.29) is 5.41 Å². The molecule has 1 unspecified atom stereocenters. The van der Waals surface area contributed by atoms with Crippen molar-refractivity contribution in [2.75, 3.05) is 18.0 Å². The first-order valence-electron chi connectivity index (χ1n) is 12.8. The van der Waals surface area contributed by atoms with Gasteiger partial charge in [0.05, 0.1) is 5.92 Å². The average molecular weight is 469 g/mol. The van der Waals surface area contributed by atoms with Gasteiger partial charge in [0, 0.05) is 31.2 Å². The van der Waals surface area contributed by atoms with Gasteiger partial charge >= 0.3 is 5.97 Å². The molecule has 2 heterocycles. The van der Waals surface area contributed by atoms with Gasteiger partial charge in [-0.2, -0.15) is 4.98 Å². The predicted octanol–water partition coefficient (Wildman–Crippen LogP) is 5.53. The van der Waals surface area contributed by atoms with Gasteiger partial charge in [0.25, 0.3) is 5.95 Å². The van der Waals surface area contributed by atoms with Crippen LogP contribution in [0.1, 0.15) is 83.2 Å². The van der Waals surface area contributed by atoms with Gasteiger partial charge in [-0.25, -0.2) is 0 Å². The molecule has 4 rings (SSSR count). The fourth-order valence-electron chi connectivity index (χ4n) is 5.43. The summed E-state index contributed by atoms with van der Waals surface area (Å²) in [4.78, 5) is 18.5.